The largest absolute Gasteiger partial charge is 0.464 e. The number of aryl methyl sites for hydroxylation is 2. The number of para-hydroxylation sites is 1. The molecule has 6 nitrogen and oxygen atoms in total. The fourth-order valence-corrected chi connectivity index (χ4v) is 4.00. The van der Waals surface area contributed by atoms with Crippen LogP contribution in [0.25, 0.3) is 0 Å². The van der Waals surface area contributed by atoms with E-state index in [9.17, 15) is 14.0 Å². The van der Waals surface area contributed by atoms with E-state index in [1.54, 1.807) is 13.0 Å². The Morgan fingerprint density at radius 2 is 2.03 bits per heavy atom. The van der Waals surface area contributed by atoms with Gasteiger partial charge in [0.1, 0.15) is 11.9 Å². The molecule has 0 bridgehead atoms. The maximum Gasteiger partial charge on any atom is 0.329 e. The third kappa shape index (κ3) is 6.81. The van der Waals surface area contributed by atoms with E-state index in [1.165, 1.54) is 23.4 Å². The van der Waals surface area contributed by atoms with E-state index in [2.05, 4.69) is 34.2 Å². The normalized spacial score (nSPS) is 13.6. The molecule has 176 valence electrons. The van der Waals surface area contributed by atoms with Crippen LogP contribution in [0.3, 0.4) is 0 Å². The zero-order chi connectivity index (χ0) is 23.8. The van der Waals surface area contributed by atoms with Gasteiger partial charge in [0.15, 0.2) is 0 Å². The number of amides is 1. The van der Waals surface area contributed by atoms with Crippen molar-refractivity contribution in [3.05, 3.63) is 71.7 Å². The first kappa shape index (κ1) is 24.3. The molecule has 0 saturated carbocycles. The quantitative estimate of drug-likeness (QED) is 0.524. The van der Waals surface area contributed by atoms with E-state index in [4.69, 9.17) is 4.74 Å². The summed E-state index contributed by atoms with van der Waals surface area (Å²) in [6, 6.07) is 11.8. The van der Waals surface area contributed by atoms with Gasteiger partial charge in [0, 0.05) is 43.0 Å². The van der Waals surface area contributed by atoms with E-state index in [-0.39, 0.29) is 31.2 Å². The number of hydrogen-bond acceptors (Lipinski definition) is 5. The van der Waals surface area contributed by atoms with Crippen molar-refractivity contribution in [2.24, 2.45) is 0 Å². The number of carbonyl (C=O) groups is 2. The molecule has 33 heavy (non-hydrogen) atoms. The van der Waals surface area contributed by atoms with Crippen LogP contribution in [-0.4, -0.2) is 37.6 Å². The smallest absolute Gasteiger partial charge is 0.329 e. The zero-order valence-electron chi connectivity index (χ0n) is 19.3. The Labute approximate surface area is 194 Å². The van der Waals surface area contributed by atoms with E-state index < -0.39 is 12.0 Å². The van der Waals surface area contributed by atoms with Crippen molar-refractivity contribution in [2.75, 3.05) is 29.9 Å². The molecule has 1 unspecified atom stereocenters. The Bertz CT molecular complexity index is 1010. The molecule has 0 fully saturated rings. The summed E-state index contributed by atoms with van der Waals surface area (Å²) in [5.74, 6) is -1.12. The molecule has 3 rings (SSSR count). The molecule has 0 spiro atoms. The lowest BCUT2D eigenvalue weighted by Gasteiger charge is -2.31. The summed E-state index contributed by atoms with van der Waals surface area (Å²) in [5, 5.41) is 5.84. The number of esters is 1. The van der Waals surface area contributed by atoms with Crippen LogP contribution in [0.2, 0.25) is 0 Å². The highest BCUT2D eigenvalue weighted by Gasteiger charge is 2.24. The summed E-state index contributed by atoms with van der Waals surface area (Å²) in [4.78, 5) is 27.4. The summed E-state index contributed by atoms with van der Waals surface area (Å²) >= 11 is 0. The van der Waals surface area contributed by atoms with Gasteiger partial charge in [-0.25, -0.2) is 9.18 Å². The van der Waals surface area contributed by atoms with Gasteiger partial charge >= 0.3 is 5.97 Å². The molecule has 1 aliphatic rings. The SMILES string of the molecule is C=C(CC(NC(=O)CCN1CCCc2ccccc21)C(=O)OCC)Nc1cc(F)ccc1C. The van der Waals surface area contributed by atoms with Gasteiger partial charge in [0.05, 0.1) is 6.61 Å². The van der Waals surface area contributed by atoms with Crippen LogP contribution in [0.5, 0.6) is 0 Å². The number of carbonyl (C=O) groups excluding carboxylic acids is 2. The number of rotatable bonds is 10. The van der Waals surface area contributed by atoms with Crippen molar-refractivity contribution in [1.82, 2.24) is 5.32 Å². The number of benzene rings is 2. The predicted molar refractivity (Wildman–Crippen MR) is 129 cm³/mol. The van der Waals surface area contributed by atoms with Crippen molar-refractivity contribution in [2.45, 2.75) is 45.6 Å². The van der Waals surface area contributed by atoms with Crippen molar-refractivity contribution < 1.29 is 18.7 Å². The van der Waals surface area contributed by atoms with Gasteiger partial charge in [-0.3, -0.25) is 4.79 Å². The first-order chi connectivity index (χ1) is 15.9. The van der Waals surface area contributed by atoms with Crippen molar-refractivity contribution >= 4 is 23.3 Å². The number of fused-ring (bicyclic) bond motifs is 1. The van der Waals surface area contributed by atoms with Gasteiger partial charge in [0.2, 0.25) is 5.91 Å². The fraction of sp³-hybridized carbons (Fsp3) is 0.385. The molecule has 0 aliphatic carbocycles. The minimum Gasteiger partial charge on any atom is -0.464 e. The summed E-state index contributed by atoms with van der Waals surface area (Å²) in [5.41, 5.74) is 4.35. The van der Waals surface area contributed by atoms with Crippen LogP contribution in [0.1, 0.15) is 37.3 Å². The molecule has 1 aliphatic heterocycles. The second kappa shape index (κ2) is 11.5. The molecule has 2 aromatic carbocycles. The minimum atomic E-state index is -0.875. The van der Waals surface area contributed by atoms with Gasteiger partial charge in [-0.2, -0.15) is 0 Å². The molecule has 1 heterocycles. The molecule has 0 aromatic heterocycles. The van der Waals surface area contributed by atoms with Crippen molar-refractivity contribution in [3.8, 4) is 0 Å². The number of hydrogen-bond donors (Lipinski definition) is 2. The van der Waals surface area contributed by atoms with Crippen LogP contribution in [0, 0.1) is 12.7 Å². The molecule has 1 amide bonds. The van der Waals surface area contributed by atoms with E-state index >= 15 is 0 Å². The predicted octanol–water partition coefficient (Wildman–Crippen LogP) is 4.34. The van der Waals surface area contributed by atoms with Crippen LogP contribution >= 0.6 is 0 Å². The molecule has 7 heteroatoms. The summed E-state index contributed by atoms with van der Waals surface area (Å²) < 4.78 is 18.7. The first-order valence-electron chi connectivity index (χ1n) is 11.4. The van der Waals surface area contributed by atoms with Crippen LogP contribution in [-0.2, 0) is 20.7 Å². The standard InChI is InChI=1S/C26H32FN3O3/c1-4-33-26(32)23(16-19(3)28-22-17-21(27)12-11-18(22)2)29-25(31)13-15-30-14-7-9-20-8-5-6-10-24(20)30/h5-6,8,10-12,17,23,28H,3-4,7,9,13-16H2,1-2H3,(H,29,31). The highest BCUT2D eigenvalue weighted by Crippen LogP contribution is 2.26. The topological polar surface area (TPSA) is 70.7 Å². The van der Waals surface area contributed by atoms with Gasteiger partial charge in [-0.05, 0) is 56.0 Å². The molecule has 0 radical (unpaired) electrons. The number of nitrogens with zero attached hydrogens (tertiary/aromatic N) is 1. The lowest BCUT2D eigenvalue weighted by atomic mass is 10.0. The van der Waals surface area contributed by atoms with E-state index in [0.717, 1.165) is 24.9 Å². The highest BCUT2D eigenvalue weighted by molar-refractivity contribution is 5.85. The zero-order valence-corrected chi connectivity index (χ0v) is 19.3. The Kier molecular flexibility index (Phi) is 8.46. The Morgan fingerprint density at radius 3 is 2.82 bits per heavy atom. The highest BCUT2D eigenvalue weighted by atomic mass is 19.1. The van der Waals surface area contributed by atoms with Crippen molar-refractivity contribution in [3.63, 3.8) is 0 Å². The van der Waals surface area contributed by atoms with Crippen LogP contribution in [0.4, 0.5) is 15.8 Å². The third-order valence-corrected chi connectivity index (χ3v) is 5.68. The fourth-order valence-electron chi connectivity index (χ4n) is 4.00. The summed E-state index contributed by atoms with van der Waals surface area (Å²) in [7, 11) is 0. The van der Waals surface area contributed by atoms with Crippen LogP contribution < -0.4 is 15.5 Å². The first-order valence-corrected chi connectivity index (χ1v) is 11.4. The van der Waals surface area contributed by atoms with E-state index in [0.29, 0.717) is 17.9 Å². The minimum absolute atomic E-state index is 0.132. The van der Waals surface area contributed by atoms with Gasteiger partial charge in [0.25, 0.3) is 0 Å². The van der Waals surface area contributed by atoms with Gasteiger partial charge in [-0.15, -0.1) is 0 Å². The summed E-state index contributed by atoms with van der Waals surface area (Å²) in [6.45, 7) is 9.19. The van der Waals surface area contributed by atoms with E-state index in [1.807, 2.05) is 19.1 Å². The molecular weight excluding hydrogens is 421 g/mol. The lowest BCUT2D eigenvalue weighted by Crippen LogP contribution is -2.44. The maximum absolute atomic E-state index is 13.6. The Morgan fingerprint density at radius 1 is 1.24 bits per heavy atom. The number of halogens is 1. The van der Waals surface area contributed by atoms with Crippen LogP contribution in [0.15, 0.2) is 54.7 Å². The second-order valence-electron chi connectivity index (χ2n) is 8.23. The maximum atomic E-state index is 13.6. The molecule has 2 N–H and O–H groups in total. The molecule has 2 aromatic rings. The average molecular weight is 454 g/mol. The average Bonchev–Trinajstić information content (AvgIpc) is 2.79. The number of anilines is 2. The third-order valence-electron chi connectivity index (χ3n) is 5.68. The van der Waals surface area contributed by atoms with Gasteiger partial charge < -0.3 is 20.3 Å². The molecule has 1 atom stereocenters. The Balaban J connectivity index is 1.59. The monoisotopic (exact) mass is 453 g/mol. The Hall–Kier alpha value is -3.35. The lowest BCUT2D eigenvalue weighted by molar-refractivity contribution is -0.147. The number of nitrogens with one attached hydrogen (secondary N) is 2. The number of ether oxygens (including phenoxy) is 1. The summed E-state index contributed by atoms with van der Waals surface area (Å²) in [6.07, 6.45) is 2.49. The van der Waals surface area contributed by atoms with Gasteiger partial charge in [-0.1, -0.05) is 30.8 Å². The molecular formula is C26H32FN3O3. The molecule has 0 saturated heterocycles. The van der Waals surface area contributed by atoms with Crippen molar-refractivity contribution in [1.29, 1.82) is 0 Å². The second-order valence-corrected chi connectivity index (χ2v) is 8.23.